The highest BCUT2D eigenvalue weighted by Crippen LogP contribution is 2.44. The van der Waals surface area contributed by atoms with Crippen molar-refractivity contribution in [1.29, 1.82) is 5.26 Å². The Labute approximate surface area is 125 Å². The fraction of sp³-hybridized carbons (Fsp3) is 0.529. The van der Waals surface area contributed by atoms with E-state index >= 15 is 0 Å². The highest BCUT2D eigenvalue weighted by molar-refractivity contribution is 5.81. The molecule has 0 aromatic heterocycles. The van der Waals surface area contributed by atoms with Gasteiger partial charge in [0.1, 0.15) is 5.75 Å². The molecule has 1 N–H and O–H groups in total. The van der Waals surface area contributed by atoms with Gasteiger partial charge in [0.25, 0.3) is 5.91 Å². The Kier molecular flexibility index (Phi) is 3.83. The molecule has 21 heavy (non-hydrogen) atoms. The number of nitrogens with one attached hydrogen (secondary N) is 1. The van der Waals surface area contributed by atoms with Crippen LogP contribution in [0.25, 0.3) is 0 Å². The second kappa shape index (κ2) is 5.77. The summed E-state index contributed by atoms with van der Waals surface area (Å²) in [6, 6.07) is 9.24. The maximum atomic E-state index is 12.3. The molecule has 0 saturated heterocycles. The van der Waals surface area contributed by atoms with Crippen molar-refractivity contribution in [3.8, 4) is 11.8 Å². The lowest BCUT2D eigenvalue weighted by Gasteiger charge is -2.21. The van der Waals surface area contributed by atoms with Crippen LogP contribution in [0.2, 0.25) is 0 Å². The molecule has 110 valence electrons. The standard InChI is InChI=1S/C17H20N2O2/c1-11(21-15-8-2-12(10-18)3-9-15)17(20)19-16(13-4-5-13)14-6-7-14/h2-3,8-9,11,13-14,16H,4-7H2,1H3,(H,19,20)/t11-/m1/s1. The van der Waals surface area contributed by atoms with Gasteiger partial charge >= 0.3 is 0 Å². The van der Waals surface area contributed by atoms with Crippen molar-refractivity contribution in [2.24, 2.45) is 11.8 Å². The molecule has 4 heteroatoms. The van der Waals surface area contributed by atoms with Crippen LogP contribution in [0.1, 0.15) is 38.2 Å². The molecule has 1 atom stereocenters. The van der Waals surface area contributed by atoms with Crippen LogP contribution in [0.3, 0.4) is 0 Å². The Morgan fingerprint density at radius 1 is 1.24 bits per heavy atom. The number of hydrogen-bond donors (Lipinski definition) is 1. The third kappa shape index (κ3) is 3.55. The van der Waals surface area contributed by atoms with Crippen molar-refractivity contribution in [3.63, 3.8) is 0 Å². The molecule has 1 amide bonds. The number of benzene rings is 1. The van der Waals surface area contributed by atoms with E-state index in [1.165, 1.54) is 25.7 Å². The van der Waals surface area contributed by atoms with E-state index in [9.17, 15) is 4.79 Å². The maximum absolute atomic E-state index is 12.3. The van der Waals surface area contributed by atoms with E-state index in [-0.39, 0.29) is 5.91 Å². The second-order valence-electron chi connectivity index (χ2n) is 6.11. The molecule has 0 spiro atoms. The molecule has 0 bridgehead atoms. The minimum Gasteiger partial charge on any atom is -0.481 e. The first-order valence-corrected chi connectivity index (χ1v) is 7.64. The monoisotopic (exact) mass is 284 g/mol. The van der Waals surface area contributed by atoms with Crippen LogP contribution in [0, 0.1) is 23.2 Å². The average Bonchev–Trinajstić information content (AvgIpc) is 3.38. The van der Waals surface area contributed by atoms with Crippen molar-refractivity contribution < 1.29 is 9.53 Å². The zero-order chi connectivity index (χ0) is 14.8. The van der Waals surface area contributed by atoms with Gasteiger partial charge in [0.15, 0.2) is 6.10 Å². The predicted molar refractivity (Wildman–Crippen MR) is 78.6 cm³/mol. The number of rotatable bonds is 6. The first-order valence-electron chi connectivity index (χ1n) is 7.64. The van der Waals surface area contributed by atoms with E-state index in [1.807, 2.05) is 0 Å². The van der Waals surface area contributed by atoms with Gasteiger partial charge in [0.05, 0.1) is 11.6 Å². The van der Waals surface area contributed by atoms with Crippen LogP contribution in [-0.4, -0.2) is 18.1 Å². The zero-order valence-corrected chi connectivity index (χ0v) is 12.2. The molecule has 0 heterocycles. The minimum atomic E-state index is -0.516. The number of hydrogen-bond acceptors (Lipinski definition) is 3. The Morgan fingerprint density at radius 2 is 1.81 bits per heavy atom. The first kappa shape index (κ1) is 13.9. The molecule has 2 fully saturated rings. The lowest BCUT2D eigenvalue weighted by molar-refractivity contribution is -0.128. The average molecular weight is 284 g/mol. The van der Waals surface area contributed by atoms with Crippen molar-refractivity contribution >= 4 is 5.91 Å². The number of carbonyl (C=O) groups is 1. The van der Waals surface area contributed by atoms with Crippen LogP contribution >= 0.6 is 0 Å². The SMILES string of the molecule is C[C@@H](Oc1ccc(C#N)cc1)C(=O)NC(C1CC1)C1CC1. The van der Waals surface area contributed by atoms with Gasteiger partial charge in [0.2, 0.25) is 0 Å². The fourth-order valence-electron chi connectivity index (χ4n) is 2.68. The van der Waals surface area contributed by atoms with Crippen LogP contribution in [-0.2, 0) is 4.79 Å². The molecule has 2 aliphatic carbocycles. The summed E-state index contributed by atoms with van der Waals surface area (Å²) in [5, 5.41) is 11.9. The maximum Gasteiger partial charge on any atom is 0.261 e. The summed E-state index contributed by atoms with van der Waals surface area (Å²) in [5.41, 5.74) is 0.585. The van der Waals surface area contributed by atoms with Gasteiger partial charge < -0.3 is 10.1 Å². The summed E-state index contributed by atoms with van der Waals surface area (Å²) in [6.45, 7) is 1.77. The third-order valence-corrected chi connectivity index (χ3v) is 4.23. The highest BCUT2D eigenvalue weighted by Gasteiger charge is 2.42. The molecule has 4 nitrogen and oxygen atoms in total. The van der Waals surface area contributed by atoms with Crippen LogP contribution in [0.4, 0.5) is 0 Å². The van der Waals surface area contributed by atoms with Gasteiger partial charge in [-0.3, -0.25) is 4.79 Å². The Balaban J connectivity index is 1.54. The van der Waals surface area contributed by atoms with Crippen LogP contribution < -0.4 is 10.1 Å². The summed E-state index contributed by atoms with van der Waals surface area (Å²) in [6.07, 6.45) is 4.45. The Hall–Kier alpha value is -2.02. The number of carbonyl (C=O) groups excluding carboxylic acids is 1. The van der Waals surface area contributed by atoms with Gasteiger partial charge in [0, 0.05) is 6.04 Å². The van der Waals surface area contributed by atoms with E-state index in [2.05, 4.69) is 11.4 Å². The molecule has 0 aliphatic heterocycles. The van der Waals surface area contributed by atoms with Crippen molar-refractivity contribution in [2.75, 3.05) is 0 Å². The molecular formula is C17H20N2O2. The van der Waals surface area contributed by atoms with Crippen molar-refractivity contribution in [3.05, 3.63) is 29.8 Å². The number of ether oxygens (including phenoxy) is 1. The summed E-state index contributed by atoms with van der Waals surface area (Å²) in [7, 11) is 0. The minimum absolute atomic E-state index is 0.0387. The van der Waals surface area contributed by atoms with E-state index in [4.69, 9.17) is 10.00 Å². The highest BCUT2D eigenvalue weighted by atomic mass is 16.5. The number of amides is 1. The van der Waals surface area contributed by atoms with E-state index < -0.39 is 6.10 Å². The first-order chi connectivity index (χ1) is 10.2. The predicted octanol–water partition coefficient (Wildman–Crippen LogP) is 2.63. The quantitative estimate of drug-likeness (QED) is 0.873. The van der Waals surface area contributed by atoms with Crippen LogP contribution in [0.15, 0.2) is 24.3 Å². The normalized spacial score (nSPS) is 18.9. The topological polar surface area (TPSA) is 62.1 Å². The Bertz CT molecular complexity index is 541. The van der Waals surface area contributed by atoms with Gasteiger partial charge in [-0.1, -0.05) is 0 Å². The second-order valence-corrected chi connectivity index (χ2v) is 6.11. The van der Waals surface area contributed by atoms with E-state index in [1.54, 1.807) is 31.2 Å². The smallest absolute Gasteiger partial charge is 0.261 e. The van der Waals surface area contributed by atoms with Gasteiger partial charge in [-0.25, -0.2) is 0 Å². The zero-order valence-electron chi connectivity index (χ0n) is 12.2. The number of nitrogens with zero attached hydrogens (tertiary/aromatic N) is 1. The van der Waals surface area contributed by atoms with Gasteiger partial charge in [-0.15, -0.1) is 0 Å². The van der Waals surface area contributed by atoms with Crippen molar-refractivity contribution in [2.45, 2.75) is 44.8 Å². The molecular weight excluding hydrogens is 264 g/mol. The summed E-state index contributed by atoms with van der Waals surface area (Å²) < 4.78 is 5.66. The van der Waals surface area contributed by atoms with E-state index in [0.717, 1.165) is 0 Å². The molecule has 3 rings (SSSR count). The third-order valence-electron chi connectivity index (χ3n) is 4.23. The summed E-state index contributed by atoms with van der Waals surface area (Å²) in [5.74, 6) is 1.95. The lowest BCUT2D eigenvalue weighted by atomic mass is 10.1. The van der Waals surface area contributed by atoms with Crippen molar-refractivity contribution in [1.82, 2.24) is 5.32 Å². The summed E-state index contributed by atoms with van der Waals surface area (Å²) >= 11 is 0. The van der Waals surface area contributed by atoms with Gasteiger partial charge in [-0.2, -0.15) is 5.26 Å². The largest absolute Gasteiger partial charge is 0.481 e. The van der Waals surface area contributed by atoms with E-state index in [0.29, 0.717) is 29.2 Å². The van der Waals surface area contributed by atoms with Gasteiger partial charge in [-0.05, 0) is 68.7 Å². The molecule has 1 aromatic carbocycles. The lowest BCUT2D eigenvalue weighted by Crippen LogP contribution is -2.44. The molecule has 2 saturated carbocycles. The summed E-state index contributed by atoms with van der Waals surface area (Å²) in [4.78, 5) is 12.3. The molecule has 0 radical (unpaired) electrons. The molecule has 1 aromatic rings. The fourth-order valence-corrected chi connectivity index (χ4v) is 2.68. The molecule has 0 unspecified atom stereocenters. The van der Waals surface area contributed by atoms with Crippen LogP contribution in [0.5, 0.6) is 5.75 Å². The Morgan fingerprint density at radius 3 is 2.29 bits per heavy atom. The molecule has 2 aliphatic rings. The number of nitriles is 1.